The zero-order valence-corrected chi connectivity index (χ0v) is 20.2. The largest absolute Gasteiger partial charge is 0.370 e. The Bertz CT molecular complexity index is 1250. The Morgan fingerprint density at radius 1 is 1.19 bits per heavy atom. The summed E-state index contributed by atoms with van der Waals surface area (Å²) in [5, 5.41) is 28.6. The van der Waals surface area contributed by atoms with Gasteiger partial charge in [-0.2, -0.15) is 0 Å². The van der Waals surface area contributed by atoms with Crippen LogP contribution in [-0.4, -0.2) is 99.0 Å². The highest BCUT2D eigenvalue weighted by Crippen LogP contribution is 2.48. The number of carbonyl (C=O) groups is 3. The van der Waals surface area contributed by atoms with Crippen molar-refractivity contribution in [1.82, 2.24) is 20.4 Å². The summed E-state index contributed by atoms with van der Waals surface area (Å²) in [7, 11) is 0. The third-order valence-corrected chi connectivity index (χ3v) is 8.15. The van der Waals surface area contributed by atoms with E-state index in [9.17, 15) is 24.6 Å². The first-order chi connectivity index (χ1) is 17.5. The summed E-state index contributed by atoms with van der Waals surface area (Å²) in [6.45, 7) is 1.40. The van der Waals surface area contributed by atoms with Crippen molar-refractivity contribution >= 4 is 35.5 Å². The molecule has 4 aliphatic heterocycles. The monoisotopic (exact) mass is 511 g/mol. The molecule has 1 saturated carbocycles. The van der Waals surface area contributed by atoms with Crippen molar-refractivity contribution in [2.45, 2.75) is 49.3 Å². The van der Waals surface area contributed by atoms with Crippen LogP contribution in [0.25, 0.3) is 0 Å². The number of benzene rings is 1. The number of urea groups is 1. The first-order valence-corrected chi connectivity index (χ1v) is 12.1. The van der Waals surface area contributed by atoms with Crippen molar-refractivity contribution in [2.75, 3.05) is 24.5 Å². The van der Waals surface area contributed by atoms with Crippen LogP contribution >= 0.6 is 0 Å². The highest BCUT2D eigenvalue weighted by atomic mass is 16.5. The molecule has 14 heteroatoms. The topological polar surface area (TPSA) is 202 Å². The minimum atomic E-state index is -2.57. The van der Waals surface area contributed by atoms with Crippen LogP contribution in [0.1, 0.15) is 19.8 Å². The molecule has 0 bridgehead atoms. The van der Waals surface area contributed by atoms with Crippen molar-refractivity contribution in [3.05, 3.63) is 30.3 Å². The number of carbonyl (C=O) groups excluding carboxylic acids is 3. The summed E-state index contributed by atoms with van der Waals surface area (Å²) >= 11 is 0. The Kier molecular flexibility index (Phi) is 4.79. The van der Waals surface area contributed by atoms with Crippen molar-refractivity contribution in [3.63, 3.8) is 0 Å². The zero-order valence-electron chi connectivity index (χ0n) is 20.2. The van der Waals surface area contributed by atoms with E-state index in [1.807, 2.05) is 13.0 Å². The van der Waals surface area contributed by atoms with E-state index in [1.165, 1.54) is 9.80 Å². The number of nitrogens with one attached hydrogen (secondary N) is 2. The molecule has 1 aliphatic carbocycles. The second kappa shape index (κ2) is 7.55. The van der Waals surface area contributed by atoms with Crippen molar-refractivity contribution in [2.24, 2.45) is 26.9 Å². The molecule has 5 aliphatic rings. The molecule has 2 unspecified atom stereocenters. The quantitative estimate of drug-likeness (QED) is 0.181. The standard InChI is InChI=1S/C23H29N9O5/c1-21(7-8-21)17(34)27-14-10-32-19(25)26-13(16-22(32,23(14,36)37)29-18(24)28-16)9-31-15(33)11-30(20(31)35)12-5-3-2-4-6-12/h2-6,13-14,16,36-37H,7-11H2,1H3,(H2,25,26)(H,27,34)(H3,24,28,29)/t13?,14?,16-,22-/m0/s1. The van der Waals surface area contributed by atoms with Gasteiger partial charge in [0.05, 0.1) is 12.6 Å². The number of anilines is 1. The Labute approximate surface area is 212 Å². The molecule has 1 aromatic rings. The van der Waals surface area contributed by atoms with Crippen LogP contribution < -0.4 is 27.0 Å². The van der Waals surface area contributed by atoms with E-state index in [4.69, 9.17) is 11.5 Å². The first kappa shape index (κ1) is 23.5. The third kappa shape index (κ3) is 3.21. The van der Waals surface area contributed by atoms with Gasteiger partial charge in [0, 0.05) is 17.6 Å². The predicted octanol–water partition coefficient (Wildman–Crippen LogP) is -2.58. The average Bonchev–Trinajstić information content (AvgIpc) is 3.33. The lowest BCUT2D eigenvalue weighted by Crippen LogP contribution is -2.78. The van der Waals surface area contributed by atoms with E-state index in [0.717, 1.165) is 4.90 Å². The second-order valence-corrected chi connectivity index (χ2v) is 10.5. The van der Waals surface area contributed by atoms with Crippen LogP contribution in [0.3, 0.4) is 0 Å². The van der Waals surface area contributed by atoms with Crippen molar-refractivity contribution in [3.8, 4) is 0 Å². The van der Waals surface area contributed by atoms with Crippen LogP contribution in [0.5, 0.6) is 0 Å². The predicted molar refractivity (Wildman–Crippen MR) is 131 cm³/mol. The van der Waals surface area contributed by atoms with Gasteiger partial charge < -0.3 is 37.2 Å². The van der Waals surface area contributed by atoms with Crippen molar-refractivity contribution in [1.29, 1.82) is 0 Å². The fourth-order valence-corrected chi connectivity index (χ4v) is 5.70. The molecule has 37 heavy (non-hydrogen) atoms. The maximum atomic E-state index is 13.2. The number of nitrogens with two attached hydrogens (primary N) is 2. The molecule has 4 amide bonds. The third-order valence-electron chi connectivity index (χ3n) is 8.15. The lowest BCUT2D eigenvalue weighted by Gasteiger charge is -2.49. The Balaban J connectivity index is 1.30. The number of amides is 4. The number of aliphatic imine (C=N–C) groups is 2. The SMILES string of the molecule is CC1(C(=O)NC2CN3C(N)=NC(CN4C(=O)CN(c5ccccc5)C4=O)[C@@H]4N=C(N)N[C@@]43C2(O)O)CC1. The number of imide groups is 1. The van der Waals surface area contributed by atoms with Gasteiger partial charge in [-0.05, 0) is 25.0 Å². The summed E-state index contributed by atoms with van der Waals surface area (Å²) in [5.41, 5.74) is 10.6. The molecule has 14 nitrogen and oxygen atoms in total. The maximum Gasteiger partial charge on any atom is 0.331 e. The normalized spacial score (nSPS) is 32.9. The molecule has 1 spiro atoms. The van der Waals surface area contributed by atoms with E-state index in [0.29, 0.717) is 18.5 Å². The molecular formula is C23H29N9O5. The van der Waals surface area contributed by atoms with Gasteiger partial charge in [0.2, 0.25) is 11.7 Å². The summed E-state index contributed by atoms with van der Waals surface area (Å²) in [6.07, 6.45) is 1.43. The molecule has 1 aromatic carbocycles. The molecule has 196 valence electrons. The fourth-order valence-electron chi connectivity index (χ4n) is 5.70. The Hall–Kier alpha value is -3.91. The summed E-state index contributed by atoms with van der Waals surface area (Å²) in [6, 6.07) is 5.17. The first-order valence-electron chi connectivity index (χ1n) is 12.1. The van der Waals surface area contributed by atoms with Gasteiger partial charge in [-0.3, -0.25) is 19.4 Å². The highest BCUT2D eigenvalue weighted by molar-refractivity contribution is 6.12. The van der Waals surface area contributed by atoms with Gasteiger partial charge >= 0.3 is 6.03 Å². The number of para-hydroxylation sites is 1. The number of hydrogen-bond acceptors (Lipinski definition) is 11. The van der Waals surface area contributed by atoms with Gasteiger partial charge in [-0.15, -0.1) is 0 Å². The minimum absolute atomic E-state index is 0.0560. The van der Waals surface area contributed by atoms with Gasteiger partial charge in [-0.25, -0.2) is 14.8 Å². The van der Waals surface area contributed by atoms with E-state index in [-0.39, 0.29) is 37.5 Å². The summed E-state index contributed by atoms with van der Waals surface area (Å²) in [4.78, 5) is 51.5. The van der Waals surface area contributed by atoms with Crippen LogP contribution in [0.15, 0.2) is 40.3 Å². The number of nitrogens with zero attached hydrogens (tertiary/aromatic N) is 5. The van der Waals surface area contributed by atoms with E-state index in [1.54, 1.807) is 24.3 Å². The number of hydrogen-bond donors (Lipinski definition) is 6. The van der Waals surface area contributed by atoms with Gasteiger partial charge in [0.1, 0.15) is 18.6 Å². The van der Waals surface area contributed by atoms with Crippen LogP contribution in [0, 0.1) is 5.41 Å². The van der Waals surface area contributed by atoms with E-state index in [2.05, 4.69) is 20.6 Å². The van der Waals surface area contributed by atoms with Crippen LogP contribution in [0.2, 0.25) is 0 Å². The molecule has 2 saturated heterocycles. The highest BCUT2D eigenvalue weighted by Gasteiger charge is 2.74. The second-order valence-electron chi connectivity index (χ2n) is 10.5. The Morgan fingerprint density at radius 3 is 2.57 bits per heavy atom. The number of guanidine groups is 2. The average molecular weight is 512 g/mol. The van der Waals surface area contributed by atoms with Crippen LogP contribution in [0.4, 0.5) is 10.5 Å². The molecule has 0 aromatic heterocycles. The molecule has 4 heterocycles. The van der Waals surface area contributed by atoms with Crippen molar-refractivity contribution < 1.29 is 24.6 Å². The number of aliphatic hydroxyl groups is 2. The molecule has 3 fully saturated rings. The molecule has 4 atom stereocenters. The molecule has 6 rings (SSSR count). The molecular weight excluding hydrogens is 482 g/mol. The Morgan fingerprint density at radius 2 is 1.89 bits per heavy atom. The van der Waals surface area contributed by atoms with Gasteiger partial charge in [0.15, 0.2) is 17.6 Å². The minimum Gasteiger partial charge on any atom is -0.370 e. The molecule has 8 N–H and O–H groups in total. The van der Waals surface area contributed by atoms with Crippen LogP contribution in [-0.2, 0) is 9.59 Å². The number of rotatable bonds is 5. The van der Waals surface area contributed by atoms with Gasteiger partial charge in [0.25, 0.3) is 5.91 Å². The van der Waals surface area contributed by atoms with Gasteiger partial charge in [-0.1, -0.05) is 25.1 Å². The summed E-state index contributed by atoms with van der Waals surface area (Å²) in [5.74, 6) is -3.43. The fraction of sp³-hybridized carbons (Fsp3) is 0.522. The smallest absolute Gasteiger partial charge is 0.331 e. The lowest BCUT2D eigenvalue weighted by molar-refractivity contribution is -0.232. The summed E-state index contributed by atoms with van der Waals surface area (Å²) < 4.78 is 0. The molecule has 0 radical (unpaired) electrons. The van der Waals surface area contributed by atoms with E-state index < -0.39 is 46.9 Å². The maximum absolute atomic E-state index is 13.2. The lowest BCUT2D eigenvalue weighted by atomic mass is 9.84. The zero-order chi connectivity index (χ0) is 26.3. The van der Waals surface area contributed by atoms with E-state index >= 15 is 0 Å².